The first-order valence-corrected chi connectivity index (χ1v) is 9.56. The molecule has 4 rings (SSSR count). The second-order valence-electron chi connectivity index (χ2n) is 6.24. The molecule has 0 spiro atoms. The quantitative estimate of drug-likeness (QED) is 0.546. The van der Waals surface area contributed by atoms with E-state index in [9.17, 15) is 9.59 Å². The van der Waals surface area contributed by atoms with Crippen molar-refractivity contribution in [3.63, 3.8) is 0 Å². The molecule has 0 bridgehead atoms. The predicted molar refractivity (Wildman–Crippen MR) is 111 cm³/mol. The number of carbonyl (C=O) groups is 1. The molecule has 1 amide bonds. The van der Waals surface area contributed by atoms with E-state index >= 15 is 0 Å². The fraction of sp³-hybridized carbons (Fsp3) is 0.150. The van der Waals surface area contributed by atoms with E-state index in [0.29, 0.717) is 33.2 Å². The maximum absolute atomic E-state index is 13.0. The molecule has 1 N–H and O–H groups in total. The highest BCUT2D eigenvalue weighted by molar-refractivity contribution is 7.13. The average molecular weight is 407 g/mol. The number of hydrogen-bond donors (Lipinski definition) is 1. The van der Waals surface area contributed by atoms with Gasteiger partial charge < -0.3 is 10.1 Å². The number of hydrogen-bond acceptors (Lipinski definition) is 7. The van der Waals surface area contributed by atoms with Gasteiger partial charge in [-0.15, -0.1) is 0 Å². The third kappa shape index (κ3) is 3.59. The number of aryl methyl sites for hydroxylation is 1. The number of anilines is 1. The Morgan fingerprint density at radius 2 is 1.97 bits per heavy atom. The van der Waals surface area contributed by atoms with Crippen molar-refractivity contribution in [3.05, 3.63) is 65.0 Å². The second-order valence-corrected chi connectivity index (χ2v) is 7.02. The summed E-state index contributed by atoms with van der Waals surface area (Å²) < 4.78 is 11.4. The molecular formula is C20H17N5O3S. The predicted octanol–water partition coefficient (Wildman–Crippen LogP) is 2.87. The lowest BCUT2D eigenvalue weighted by atomic mass is 10.2. The summed E-state index contributed by atoms with van der Waals surface area (Å²) in [4.78, 5) is 34.1. The van der Waals surface area contributed by atoms with E-state index in [0.717, 1.165) is 17.1 Å². The lowest BCUT2D eigenvalue weighted by Gasteiger charge is -2.12. The number of aromatic nitrogens is 4. The zero-order valence-electron chi connectivity index (χ0n) is 15.7. The first kappa shape index (κ1) is 18.8. The summed E-state index contributed by atoms with van der Waals surface area (Å²) >= 11 is 1.08. The van der Waals surface area contributed by atoms with E-state index in [2.05, 4.69) is 19.7 Å². The number of pyridine rings is 1. The SMILES string of the molecule is COc1ccccc1NC(=O)Cn1c(C)nc2c(-c3ccncc3)nsc2c1=O. The molecule has 0 atom stereocenters. The third-order valence-electron chi connectivity index (χ3n) is 4.41. The number of amides is 1. The van der Waals surface area contributed by atoms with E-state index in [1.165, 1.54) is 11.7 Å². The third-order valence-corrected chi connectivity index (χ3v) is 5.23. The largest absolute Gasteiger partial charge is 0.495 e. The van der Waals surface area contributed by atoms with Gasteiger partial charge in [-0.25, -0.2) is 4.98 Å². The molecule has 29 heavy (non-hydrogen) atoms. The Kier molecular flexibility index (Phi) is 5.05. The number of ether oxygens (including phenoxy) is 1. The minimum absolute atomic E-state index is 0.159. The van der Waals surface area contributed by atoms with Crippen LogP contribution in [0.3, 0.4) is 0 Å². The van der Waals surface area contributed by atoms with Gasteiger partial charge in [0.05, 0.1) is 12.8 Å². The van der Waals surface area contributed by atoms with Crippen LogP contribution in [0, 0.1) is 6.92 Å². The van der Waals surface area contributed by atoms with Gasteiger partial charge in [-0.1, -0.05) is 12.1 Å². The molecule has 0 saturated carbocycles. The molecule has 9 heteroatoms. The Morgan fingerprint density at radius 1 is 1.21 bits per heavy atom. The summed E-state index contributed by atoms with van der Waals surface area (Å²) in [5.41, 5.74) is 2.26. The fourth-order valence-electron chi connectivity index (χ4n) is 2.99. The van der Waals surface area contributed by atoms with Crippen molar-refractivity contribution in [2.75, 3.05) is 12.4 Å². The van der Waals surface area contributed by atoms with Crippen molar-refractivity contribution in [3.8, 4) is 17.0 Å². The van der Waals surface area contributed by atoms with Crippen LogP contribution in [0.1, 0.15) is 5.82 Å². The number of benzene rings is 1. The number of nitrogens with one attached hydrogen (secondary N) is 1. The number of carbonyl (C=O) groups excluding carboxylic acids is 1. The standard InChI is InChI=1S/C20H17N5O3S/c1-12-22-18-17(13-7-9-21-10-8-13)24-29-19(18)20(27)25(12)11-16(26)23-14-5-3-4-6-15(14)28-2/h3-10H,11H2,1-2H3,(H,23,26). The Balaban J connectivity index is 1.66. The van der Waals surface area contributed by atoms with Gasteiger partial charge in [0, 0.05) is 18.0 Å². The molecular weight excluding hydrogens is 390 g/mol. The van der Waals surface area contributed by atoms with Crippen LogP contribution in [-0.4, -0.2) is 31.9 Å². The molecule has 0 saturated heterocycles. The van der Waals surface area contributed by atoms with Crippen LogP contribution in [0.2, 0.25) is 0 Å². The summed E-state index contributed by atoms with van der Waals surface area (Å²) in [6.07, 6.45) is 3.33. The molecule has 0 fully saturated rings. The van der Waals surface area contributed by atoms with Crippen LogP contribution in [0.5, 0.6) is 5.75 Å². The number of methoxy groups -OCH3 is 1. The molecule has 3 heterocycles. The highest BCUT2D eigenvalue weighted by atomic mass is 32.1. The van der Waals surface area contributed by atoms with Crippen LogP contribution in [0.15, 0.2) is 53.6 Å². The normalized spacial score (nSPS) is 10.8. The van der Waals surface area contributed by atoms with Crippen LogP contribution >= 0.6 is 11.5 Å². The summed E-state index contributed by atoms with van der Waals surface area (Å²) in [5.74, 6) is 0.635. The van der Waals surface area contributed by atoms with Gasteiger partial charge in [0.25, 0.3) is 5.56 Å². The minimum Gasteiger partial charge on any atom is -0.495 e. The zero-order chi connectivity index (χ0) is 20.4. The Morgan fingerprint density at radius 3 is 2.72 bits per heavy atom. The summed E-state index contributed by atoms with van der Waals surface area (Å²) in [7, 11) is 1.53. The van der Waals surface area contributed by atoms with Crippen molar-refractivity contribution in [1.29, 1.82) is 0 Å². The minimum atomic E-state index is -0.347. The molecule has 0 aliphatic carbocycles. The van der Waals surface area contributed by atoms with Crippen LogP contribution in [-0.2, 0) is 11.3 Å². The maximum Gasteiger partial charge on any atom is 0.273 e. The zero-order valence-corrected chi connectivity index (χ0v) is 16.6. The molecule has 146 valence electrons. The summed E-state index contributed by atoms with van der Waals surface area (Å²) in [5, 5.41) is 2.77. The lowest BCUT2D eigenvalue weighted by Crippen LogP contribution is -2.29. The highest BCUT2D eigenvalue weighted by Gasteiger charge is 2.18. The molecule has 3 aromatic heterocycles. The summed E-state index contributed by atoms with van der Waals surface area (Å²) in [6.45, 7) is 1.54. The average Bonchev–Trinajstić information content (AvgIpc) is 3.16. The van der Waals surface area contributed by atoms with E-state index in [1.807, 2.05) is 18.2 Å². The van der Waals surface area contributed by atoms with E-state index in [-0.39, 0.29) is 18.0 Å². The monoisotopic (exact) mass is 407 g/mol. The molecule has 0 aliphatic heterocycles. The molecule has 4 aromatic rings. The number of rotatable bonds is 5. The summed E-state index contributed by atoms with van der Waals surface area (Å²) in [6, 6.07) is 10.7. The topological polar surface area (TPSA) is 99.0 Å². The van der Waals surface area contributed by atoms with Gasteiger partial charge in [0.1, 0.15) is 34.0 Å². The van der Waals surface area contributed by atoms with Crippen LogP contribution < -0.4 is 15.6 Å². The Hall–Kier alpha value is -3.59. The van der Waals surface area contributed by atoms with Crippen molar-refractivity contribution in [1.82, 2.24) is 18.9 Å². The van der Waals surface area contributed by atoms with Gasteiger partial charge in [0.2, 0.25) is 5.91 Å². The Labute approximate surface area is 170 Å². The van der Waals surface area contributed by atoms with E-state index < -0.39 is 0 Å². The van der Waals surface area contributed by atoms with Gasteiger partial charge in [-0.05, 0) is 42.7 Å². The van der Waals surface area contributed by atoms with E-state index in [4.69, 9.17) is 4.74 Å². The van der Waals surface area contributed by atoms with Crippen molar-refractivity contribution in [2.45, 2.75) is 13.5 Å². The van der Waals surface area contributed by atoms with Crippen LogP contribution in [0.25, 0.3) is 21.5 Å². The van der Waals surface area contributed by atoms with Gasteiger partial charge in [0.15, 0.2) is 0 Å². The molecule has 8 nitrogen and oxygen atoms in total. The second kappa shape index (κ2) is 7.80. The Bertz CT molecular complexity index is 1250. The first-order valence-electron chi connectivity index (χ1n) is 8.78. The number of para-hydroxylation sites is 2. The smallest absolute Gasteiger partial charge is 0.273 e. The van der Waals surface area contributed by atoms with E-state index in [1.54, 1.807) is 37.5 Å². The van der Waals surface area contributed by atoms with Crippen molar-refractivity contribution >= 4 is 33.3 Å². The fourth-order valence-corrected chi connectivity index (χ4v) is 3.78. The molecule has 0 unspecified atom stereocenters. The van der Waals surface area contributed by atoms with Gasteiger partial charge in [-0.3, -0.25) is 19.1 Å². The van der Waals surface area contributed by atoms with Crippen molar-refractivity contribution < 1.29 is 9.53 Å². The van der Waals surface area contributed by atoms with Crippen LogP contribution in [0.4, 0.5) is 5.69 Å². The van der Waals surface area contributed by atoms with Gasteiger partial charge in [-0.2, -0.15) is 4.37 Å². The molecule has 1 aromatic carbocycles. The van der Waals surface area contributed by atoms with Gasteiger partial charge >= 0.3 is 0 Å². The molecule has 0 aliphatic rings. The number of nitrogens with zero attached hydrogens (tertiary/aromatic N) is 4. The number of fused-ring (bicyclic) bond motifs is 1. The van der Waals surface area contributed by atoms with Crippen molar-refractivity contribution in [2.24, 2.45) is 0 Å². The molecule has 0 radical (unpaired) electrons. The lowest BCUT2D eigenvalue weighted by molar-refractivity contribution is -0.116. The first-order chi connectivity index (χ1) is 14.1. The highest BCUT2D eigenvalue weighted by Crippen LogP contribution is 2.27. The maximum atomic E-state index is 13.0.